The van der Waals surface area contributed by atoms with Crippen molar-refractivity contribution in [1.82, 2.24) is 5.32 Å². The fraction of sp³-hybridized carbons (Fsp3) is 0.385. The van der Waals surface area contributed by atoms with E-state index in [1.807, 2.05) is 32.0 Å². The number of aliphatic carboxylic acids is 1. The van der Waals surface area contributed by atoms with E-state index in [0.717, 1.165) is 16.7 Å². The molecule has 1 rings (SSSR count). The van der Waals surface area contributed by atoms with E-state index in [-0.39, 0.29) is 19.6 Å². The van der Waals surface area contributed by atoms with Gasteiger partial charge in [-0.1, -0.05) is 23.8 Å². The van der Waals surface area contributed by atoms with Crippen LogP contribution in [0.1, 0.15) is 23.1 Å². The zero-order valence-electron chi connectivity index (χ0n) is 10.5. The molecule has 1 aromatic rings. The van der Waals surface area contributed by atoms with Gasteiger partial charge in [0.1, 0.15) is 6.61 Å². The normalized spacial score (nSPS) is 9.89. The van der Waals surface area contributed by atoms with Crippen molar-refractivity contribution >= 4 is 12.1 Å². The number of benzene rings is 1. The molecule has 0 radical (unpaired) electrons. The monoisotopic (exact) mass is 251 g/mol. The number of hydrogen-bond donors (Lipinski definition) is 2. The van der Waals surface area contributed by atoms with Crippen LogP contribution < -0.4 is 5.32 Å². The number of rotatable bonds is 5. The van der Waals surface area contributed by atoms with E-state index in [2.05, 4.69) is 5.32 Å². The predicted molar refractivity (Wildman–Crippen MR) is 66.4 cm³/mol. The van der Waals surface area contributed by atoms with Crippen molar-refractivity contribution in [2.24, 2.45) is 0 Å². The summed E-state index contributed by atoms with van der Waals surface area (Å²) in [4.78, 5) is 21.5. The number of ether oxygens (including phenoxy) is 1. The molecular formula is C13H17NO4. The maximum atomic E-state index is 11.2. The van der Waals surface area contributed by atoms with Crippen LogP contribution in [0.25, 0.3) is 0 Å². The second-order valence-corrected chi connectivity index (χ2v) is 4.08. The van der Waals surface area contributed by atoms with Crippen LogP contribution in [0.2, 0.25) is 0 Å². The molecule has 0 spiro atoms. The first-order chi connectivity index (χ1) is 8.49. The van der Waals surface area contributed by atoms with Gasteiger partial charge >= 0.3 is 12.1 Å². The Kier molecular flexibility index (Phi) is 5.17. The lowest BCUT2D eigenvalue weighted by Gasteiger charge is -2.08. The summed E-state index contributed by atoms with van der Waals surface area (Å²) < 4.78 is 4.99. The highest BCUT2D eigenvalue weighted by Crippen LogP contribution is 2.11. The van der Waals surface area contributed by atoms with Gasteiger partial charge in [0.15, 0.2) is 0 Å². The van der Waals surface area contributed by atoms with Crippen LogP contribution in [0.15, 0.2) is 18.2 Å². The van der Waals surface area contributed by atoms with Gasteiger partial charge in [0, 0.05) is 6.54 Å². The molecule has 0 heterocycles. The first-order valence-corrected chi connectivity index (χ1v) is 5.67. The zero-order chi connectivity index (χ0) is 13.5. The van der Waals surface area contributed by atoms with Crippen molar-refractivity contribution in [2.75, 3.05) is 6.54 Å². The van der Waals surface area contributed by atoms with Gasteiger partial charge in [-0.15, -0.1) is 0 Å². The van der Waals surface area contributed by atoms with E-state index in [9.17, 15) is 9.59 Å². The van der Waals surface area contributed by atoms with Crippen LogP contribution in [0.3, 0.4) is 0 Å². The van der Waals surface area contributed by atoms with Gasteiger partial charge in [-0.3, -0.25) is 4.79 Å². The largest absolute Gasteiger partial charge is 0.481 e. The highest BCUT2D eigenvalue weighted by Gasteiger charge is 2.05. The summed E-state index contributed by atoms with van der Waals surface area (Å²) in [6.45, 7) is 4.20. The average Bonchev–Trinajstić information content (AvgIpc) is 2.27. The van der Waals surface area contributed by atoms with E-state index in [0.29, 0.717) is 0 Å². The van der Waals surface area contributed by atoms with Crippen LogP contribution in [0.5, 0.6) is 0 Å². The number of alkyl carbamates (subject to hydrolysis) is 1. The lowest BCUT2D eigenvalue weighted by molar-refractivity contribution is -0.136. The number of carboxylic acids is 1. The quantitative estimate of drug-likeness (QED) is 0.839. The second-order valence-electron chi connectivity index (χ2n) is 4.08. The van der Waals surface area contributed by atoms with Gasteiger partial charge in [-0.25, -0.2) is 4.79 Å². The first-order valence-electron chi connectivity index (χ1n) is 5.67. The number of amides is 1. The summed E-state index contributed by atoms with van der Waals surface area (Å²) in [6.07, 6.45) is -0.713. The molecule has 0 saturated heterocycles. The van der Waals surface area contributed by atoms with Gasteiger partial charge in [-0.2, -0.15) is 0 Å². The first kappa shape index (κ1) is 14.0. The molecule has 0 bridgehead atoms. The minimum absolute atomic E-state index is 0.0705. The number of carbonyl (C=O) groups excluding carboxylic acids is 1. The third-order valence-electron chi connectivity index (χ3n) is 2.47. The standard InChI is InChI=1S/C13H17NO4/c1-9-3-4-11(10(2)7-9)8-18-13(17)14-6-5-12(15)16/h3-4,7H,5-6,8H2,1-2H3,(H,14,17)(H,15,16). The molecule has 5 nitrogen and oxygen atoms in total. The SMILES string of the molecule is Cc1ccc(COC(=O)NCCC(=O)O)c(C)c1. The Hall–Kier alpha value is -2.04. The molecule has 98 valence electrons. The summed E-state index contributed by atoms with van der Waals surface area (Å²) in [7, 11) is 0. The van der Waals surface area contributed by atoms with Crippen molar-refractivity contribution in [1.29, 1.82) is 0 Å². The highest BCUT2D eigenvalue weighted by atomic mass is 16.5. The Morgan fingerprint density at radius 3 is 2.67 bits per heavy atom. The minimum atomic E-state index is -0.954. The minimum Gasteiger partial charge on any atom is -0.481 e. The van der Waals surface area contributed by atoms with Gasteiger partial charge in [-0.05, 0) is 25.0 Å². The Balaban J connectivity index is 2.36. The molecule has 0 aliphatic carbocycles. The van der Waals surface area contributed by atoms with E-state index in [1.165, 1.54) is 0 Å². The summed E-state index contributed by atoms with van der Waals surface area (Å²) in [5, 5.41) is 10.8. The molecule has 0 aromatic heterocycles. The smallest absolute Gasteiger partial charge is 0.407 e. The van der Waals surface area contributed by atoms with E-state index < -0.39 is 12.1 Å². The van der Waals surface area contributed by atoms with Crippen molar-refractivity contribution in [3.8, 4) is 0 Å². The Morgan fingerprint density at radius 1 is 1.33 bits per heavy atom. The third-order valence-corrected chi connectivity index (χ3v) is 2.47. The van der Waals surface area contributed by atoms with Gasteiger partial charge in [0.05, 0.1) is 6.42 Å². The van der Waals surface area contributed by atoms with Gasteiger partial charge in [0.25, 0.3) is 0 Å². The summed E-state index contributed by atoms with van der Waals surface area (Å²) >= 11 is 0. The molecule has 0 fully saturated rings. The lowest BCUT2D eigenvalue weighted by Crippen LogP contribution is -2.26. The molecule has 1 aromatic carbocycles. The summed E-state index contributed by atoms with van der Waals surface area (Å²) in [6, 6.07) is 5.88. The number of carboxylic acid groups (broad SMARTS) is 1. The summed E-state index contributed by atoms with van der Waals surface area (Å²) in [5.41, 5.74) is 3.16. The molecule has 18 heavy (non-hydrogen) atoms. The van der Waals surface area contributed by atoms with Crippen molar-refractivity contribution in [3.05, 3.63) is 34.9 Å². The Morgan fingerprint density at radius 2 is 2.06 bits per heavy atom. The van der Waals surface area contributed by atoms with Crippen LogP contribution >= 0.6 is 0 Å². The molecule has 2 N–H and O–H groups in total. The third kappa shape index (κ3) is 4.86. The average molecular weight is 251 g/mol. The number of aryl methyl sites for hydroxylation is 2. The lowest BCUT2D eigenvalue weighted by atomic mass is 10.1. The Bertz CT molecular complexity index is 443. The topological polar surface area (TPSA) is 75.6 Å². The van der Waals surface area contributed by atoms with Crippen LogP contribution in [0.4, 0.5) is 4.79 Å². The molecule has 0 aliphatic heterocycles. The number of carbonyl (C=O) groups is 2. The molecule has 0 atom stereocenters. The molecule has 1 amide bonds. The second kappa shape index (κ2) is 6.64. The van der Waals surface area contributed by atoms with Crippen LogP contribution in [0, 0.1) is 13.8 Å². The van der Waals surface area contributed by atoms with Gasteiger partial charge < -0.3 is 15.2 Å². The fourth-order valence-corrected chi connectivity index (χ4v) is 1.47. The molecule has 5 heteroatoms. The van der Waals surface area contributed by atoms with Crippen LogP contribution in [-0.2, 0) is 16.1 Å². The van der Waals surface area contributed by atoms with E-state index in [1.54, 1.807) is 0 Å². The van der Waals surface area contributed by atoms with Crippen molar-refractivity contribution in [3.63, 3.8) is 0 Å². The maximum Gasteiger partial charge on any atom is 0.407 e. The molecule has 0 saturated carbocycles. The number of nitrogens with one attached hydrogen (secondary N) is 1. The predicted octanol–water partition coefficient (Wildman–Crippen LogP) is 2.00. The number of hydrogen-bond acceptors (Lipinski definition) is 3. The zero-order valence-corrected chi connectivity index (χ0v) is 10.5. The van der Waals surface area contributed by atoms with Crippen molar-refractivity contribution in [2.45, 2.75) is 26.9 Å². The summed E-state index contributed by atoms with van der Waals surface area (Å²) in [5.74, 6) is -0.954. The van der Waals surface area contributed by atoms with Crippen molar-refractivity contribution < 1.29 is 19.4 Å². The molecule has 0 unspecified atom stereocenters. The van der Waals surface area contributed by atoms with Gasteiger partial charge in [0.2, 0.25) is 0 Å². The molecule has 0 aliphatic rings. The van der Waals surface area contributed by atoms with Crippen LogP contribution in [-0.4, -0.2) is 23.7 Å². The Labute approximate surface area is 106 Å². The van der Waals surface area contributed by atoms with E-state index in [4.69, 9.17) is 9.84 Å². The van der Waals surface area contributed by atoms with E-state index >= 15 is 0 Å². The fourth-order valence-electron chi connectivity index (χ4n) is 1.47. The molecular weight excluding hydrogens is 234 g/mol. The highest BCUT2D eigenvalue weighted by molar-refractivity contribution is 5.70. The maximum absolute atomic E-state index is 11.2.